The SMILES string of the molecule is Cn1c(N2CCCC(N)C2)nc2c1c(=O)n(Cc1noc(=O)c3ccccc13)c(=O)n2C. The van der Waals surface area contributed by atoms with Gasteiger partial charge in [0, 0.05) is 38.6 Å². The molecule has 1 atom stereocenters. The smallest absolute Gasteiger partial charge is 0.341 e. The van der Waals surface area contributed by atoms with E-state index in [1.54, 1.807) is 42.9 Å². The second kappa shape index (κ2) is 7.45. The van der Waals surface area contributed by atoms with Gasteiger partial charge in [0.1, 0.15) is 5.69 Å². The van der Waals surface area contributed by atoms with Crippen LogP contribution in [0.5, 0.6) is 0 Å². The molecule has 11 nitrogen and oxygen atoms in total. The monoisotopic (exact) mass is 437 g/mol. The molecule has 5 rings (SSSR count). The fourth-order valence-electron chi connectivity index (χ4n) is 4.42. The van der Waals surface area contributed by atoms with Gasteiger partial charge in [-0.2, -0.15) is 4.98 Å². The van der Waals surface area contributed by atoms with Gasteiger partial charge < -0.3 is 19.7 Å². The minimum Gasteiger partial charge on any atom is -0.341 e. The third-order valence-electron chi connectivity index (χ3n) is 6.08. The van der Waals surface area contributed by atoms with Gasteiger partial charge in [-0.25, -0.2) is 9.59 Å². The Labute approximate surface area is 181 Å². The first kappa shape index (κ1) is 20.2. The van der Waals surface area contributed by atoms with Crippen molar-refractivity contribution < 1.29 is 4.52 Å². The number of imidazole rings is 1. The fraction of sp³-hybridized carbons (Fsp3) is 0.381. The number of nitrogens with zero attached hydrogens (tertiary/aromatic N) is 6. The zero-order valence-electron chi connectivity index (χ0n) is 17.8. The van der Waals surface area contributed by atoms with Crippen LogP contribution in [0.2, 0.25) is 0 Å². The normalized spacial score (nSPS) is 16.8. The lowest BCUT2D eigenvalue weighted by molar-refractivity contribution is 0.363. The number of aromatic nitrogens is 5. The molecule has 1 unspecified atom stereocenters. The molecular weight excluding hydrogens is 414 g/mol. The molecule has 0 amide bonds. The van der Waals surface area contributed by atoms with E-state index in [9.17, 15) is 14.4 Å². The Kier molecular flexibility index (Phi) is 4.70. The third-order valence-corrected chi connectivity index (χ3v) is 6.08. The first-order chi connectivity index (χ1) is 15.4. The van der Waals surface area contributed by atoms with Gasteiger partial charge in [-0.15, -0.1) is 0 Å². The van der Waals surface area contributed by atoms with E-state index in [1.807, 2.05) is 4.90 Å². The number of fused-ring (bicyclic) bond motifs is 2. The molecule has 3 aromatic heterocycles. The highest BCUT2D eigenvalue weighted by molar-refractivity contribution is 5.83. The number of aryl methyl sites for hydroxylation is 2. The van der Waals surface area contributed by atoms with Crippen molar-refractivity contribution in [2.24, 2.45) is 19.8 Å². The van der Waals surface area contributed by atoms with E-state index in [-0.39, 0.29) is 12.6 Å². The van der Waals surface area contributed by atoms with Gasteiger partial charge in [0.15, 0.2) is 11.2 Å². The molecule has 1 aliphatic rings. The van der Waals surface area contributed by atoms with Crippen LogP contribution >= 0.6 is 0 Å². The molecule has 166 valence electrons. The minimum absolute atomic E-state index is 0.0381. The molecule has 1 aliphatic heterocycles. The zero-order chi connectivity index (χ0) is 22.6. The van der Waals surface area contributed by atoms with Crippen molar-refractivity contribution in [1.82, 2.24) is 23.8 Å². The Morgan fingerprint density at radius 1 is 1.12 bits per heavy atom. The number of hydrogen-bond acceptors (Lipinski definition) is 8. The van der Waals surface area contributed by atoms with Crippen molar-refractivity contribution in [3.8, 4) is 0 Å². The minimum atomic E-state index is -0.573. The van der Waals surface area contributed by atoms with Crippen LogP contribution in [0, 0.1) is 0 Å². The molecule has 4 aromatic rings. The Hall–Kier alpha value is -3.73. The van der Waals surface area contributed by atoms with Gasteiger partial charge in [-0.1, -0.05) is 23.4 Å². The Morgan fingerprint density at radius 2 is 1.88 bits per heavy atom. The third kappa shape index (κ3) is 3.04. The van der Waals surface area contributed by atoms with Crippen LogP contribution in [0.3, 0.4) is 0 Å². The van der Waals surface area contributed by atoms with E-state index in [1.165, 1.54) is 4.57 Å². The van der Waals surface area contributed by atoms with Crippen molar-refractivity contribution in [1.29, 1.82) is 0 Å². The molecule has 0 bridgehead atoms. The van der Waals surface area contributed by atoms with E-state index in [4.69, 9.17) is 10.3 Å². The maximum absolute atomic E-state index is 13.4. The van der Waals surface area contributed by atoms with E-state index >= 15 is 0 Å². The molecule has 1 aromatic carbocycles. The number of benzene rings is 1. The topological polar surface area (TPSA) is 134 Å². The molecule has 32 heavy (non-hydrogen) atoms. The standard InChI is InChI=1S/C21H23N7O4/c1-25-16-17(23-20(25)27-9-5-6-12(22)10-27)26(2)21(31)28(18(16)29)11-15-13-7-3-4-8-14(13)19(30)32-24-15/h3-4,7-8,12H,5-6,9-11,22H2,1-2H3. The maximum atomic E-state index is 13.4. The number of anilines is 1. The average molecular weight is 437 g/mol. The molecule has 0 radical (unpaired) electrons. The maximum Gasteiger partial charge on any atom is 0.366 e. The lowest BCUT2D eigenvalue weighted by Gasteiger charge is -2.31. The number of nitrogens with two attached hydrogens (primary N) is 1. The molecule has 1 fully saturated rings. The van der Waals surface area contributed by atoms with Crippen LogP contribution in [0.25, 0.3) is 21.9 Å². The molecule has 0 saturated carbocycles. The Bertz CT molecular complexity index is 1530. The summed E-state index contributed by atoms with van der Waals surface area (Å²) >= 11 is 0. The first-order valence-electron chi connectivity index (χ1n) is 10.4. The fourth-order valence-corrected chi connectivity index (χ4v) is 4.42. The summed E-state index contributed by atoms with van der Waals surface area (Å²) in [6.07, 6.45) is 1.88. The van der Waals surface area contributed by atoms with Gasteiger partial charge >= 0.3 is 11.3 Å². The summed E-state index contributed by atoms with van der Waals surface area (Å²) in [5.41, 5.74) is 5.48. The van der Waals surface area contributed by atoms with Crippen molar-refractivity contribution >= 4 is 27.9 Å². The van der Waals surface area contributed by atoms with Gasteiger partial charge in [-0.3, -0.25) is 13.9 Å². The summed E-state index contributed by atoms with van der Waals surface area (Å²) in [6.45, 7) is 1.28. The summed E-state index contributed by atoms with van der Waals surface area (Å²) in [4.78, 5) is 45.1. The molecule has 4 heterocycles. The molecule has 2 N–H and O–H groups in total. The van der Waals surface area contributed by atoms with Crippen LogP contribution < -0.4 is 27.5 Å². The van der Waals surface area contributed by atoms with Gasteiger partial charge in [-0.05, 0) is 18.9 Å². The van der Waals surface area contributed by atoms with Crippen LogP contribution in [0.15, 0.2) is 43.2 Å². The predicted molar refractivity (Wildman–Crippen MR) is 119 cm³/mol. The van der Waals surface area contributed by atoms with Crippen molar-refractivity contribution in [2.45, 2.75) is 25.4 Å². The first-order valence-corrected chi connectivity index (χ1v) is 10.4. The van der Waals surface area contributed by atoms with Crippen LogP contribution in [-0.4, -0.2) is 43.0 Å². The van der Waals surface area contributed by atoms with Crippen molar-refractivity contribution in [3.05, 3.63) is 61.2 Å². The Balaban J connectivity index is 1.68. The summed E-state index contributed by atoms with van der Waals surface area (Å²) in [7, 11) is 3.34. The van der Waals surface area contributed by atoms with Crippen LogP contribution in [-0.2, 0) is 20.6 Å². The molecule has 11 heteroatoms. The second-order valence-corrected chi connectivity index (χ2v) is 8.19. The summed E-state index contributed by atoms with van der Waals surface area (Å²) in [5, 5.41) is 4.74. The van der Waals surface area contributed by atoms with Gasteiger partial charge in [0.2, 0.25) is 5.95 Å². The highest BCUT2D eigenvalue weighted by Crippen LogP contribution is 2.21. The highest BCUT2D eigenvalue weighted by atomic mass is 16.5. The zero-order valence-corrected chi connectivity index (χ0v) is 17.8. The molecular formula is C21H23N7O4. The quantitative estimate of drug-likeness (QED) is 0.470. The summed E-state index contributed by atoms with van der Waals surface area (Å²) in [6, 6.07) is 6.84. The van der Waals surface area contributed by atoms with Crippen molar-refractivity contribution in [2.75, 3.05) is 18.0 Å². The predicted octanol–water partition coefficient (Wildman–Crippen LogP) is -0.0891. The molecule has 0 aliphatic carbocycles. The number of rotatable bonds is 3. The van der Waals surface area contributed by atoms with E-state index in [0.29, 0.717) is 40.1 Å². The number of piperidine rings is 1. The van der Waals surface area contributed by atoms with Gasteiger partial charge in [0.25, 0.3) is 5.56 Å². The van der Waals surface area contributed by atoms with Gasteiger partial charge in [0.05, 0.1) is 11.9 Å². The van der Waals surface area contributed by atoms with E-state index in [2.05, 4.69) is 10.1 Å². The summed E-state index contributed by atoms with van der Waals surface area (Å²) in [5.74, 6) is 0.606. The highest BCUT2D eigenvalue weighted by Gasteiger charge is 2.25. The second-order valence-electron chi connectivity index (χ2n) is 8.19. The van der Waals surface area contributed by atoms with Crippen LogP contribution in [0.4, 0.5) is 5.95 Å². The largest absolute Gasteiger partial charge is 0.366 e. The number of hydrogen-bond donors (Lipinski definition) is 1. The van der Waals surface area contributed by atoms with Crippen LogP contribution in [0.1, 0.15) is 18.5 Å². The van der Waals surface area contributed by atoms with E-state index < -0.39 is 16.9 Å². The Morgan fingerprint density at radius 3 is 2.62 bits per heavy atom. The summed E-state index contributed by atoms with van der Waals surface area (Å²) < 4.78 is 9.04. The van der Waals surface area contributed by atoms with E-state index in [0.717, 1.165) is 24.0 Å². The van der Waals surface area contributed by atoms with Crippen molar-refractivity contribution in [3.63, 3.8) is 0 Å². The lowest BCUT2D eigenvalue weighted by atomic mass is 10.1. The molecule has 1 saturated heterocycles. The lowest BCUT2D eigenvalue weighted by Crippen LogP contribution is -2.43. The average Bonchev–Trinajstić information content (AvgIpc) is 3.14. The molecule has 0 spiro atoms.